The first-order chi connectivity index (χ1) is 15.7. The Bertz CT molecular complexity index is 1340. The third kappa shape index (κ3) is 4.35. The number of aromatic nitrogens is 2. The van der Waals surface area contributed by atoms with Gasteiger partial charge in [-0.1, -0.05) is 37.3 Å². The first kappa shape index (κ1) is 23.6. The molecule has 10 heteroatoms. The maximum absolute atomic E-state index is 13.5. The van der Waals surface area contributed by atoms with Gasteiger partial charge in [0.25, 0.3) is 0 Å². The van der Waals surface area contributed by atoms with Crippen molar-refractivity contribution in [2.45, 2.75) is 37.0 Å². The van der Waals surface area contributed by atoms with E-state index in [0.717, 1.165) is 17.7 Å². The zero-order chi connectivity index (χ0) is 23.8. The average molecular weight is 489 g/mol. The molecule has 0 saturated carbocycles. The molecular weight excluding hydrogens is 460 g/mol. The molecule has 1 saturated heterocycles. The summed E-state index contributed by atoms with van der Waals surface area (Å²) in [5.41, 5.74) is 2.79. The summed E-state index contributed by atoms with van der Waals surface area (Å²) in [6, 6.07) is 16.2. The van der Waals surface area contributed by atoms with Gasteiger partial charge in [0.1, 0.15) is 4.90 Å². The zero-order valence-corrected chi connectivity index (χ0v) is 20.6. The fraction of sp³-hybridized carbons (Fsp3) is 0.348. The van der Waals surface area contributed by atoms with Crippen LogP contribution in [0.4, 0.5) is 0 Å². The van der Waals surface area contributed by atoms with E-state index in [0.29, 0.717) is 11.4 Å². The summed E-state index contributed by atoms with van der Waals surface area (Å²) in [7, 11) is -7.50. The molecule has 1 aliphatic rings. The first-order valence-electron chi connectivity index (χ1n) is 10.9. The molecule has 0 bridgehead atoms. The molecule has 0 unspecified atom stereocenters. The van der Waals surface area contributed by atoms with Crippen molar-refractivity contribution >= 4 is 20.0 Å². The molecule has 0 N–H and O–H groups in total. The van der Waals surface area contributed by atoms with Crippen LogP contribution in [-0.2, 0) is 26.5 Å². The van der Waals surface area contributed by atoms with E-state index in [1.165, 1.54) is 8.61 Å². The Hall–Kier alpha value is -2.53. The Kier molecular flexibility index (Phi) is 6.45. The van der Waals surface area contributed by atoms with Crippen LogP contribution in [0.3, 0.4) is 0 Å². The zero-order valence-electron chi connectivity index (χ0n) is 19.0. The molecule has 0 aliphatic carbocycles. The highest BCUT2D eigenvalue weighted by Gasteiger charge is 2.36. The van der Waals surface area contributed by atoms with Crippen molar-refractivity contribution in [2.24, 2.45) is 0 Å². The fourth-order valence-corrected chi connectivity index (χ4v) is 7.35. The molecule has 3 aromatic rings. The van der Waals surface area contributed by atoms with Gasteiger partial charge in [0, 0.05) is 26.2 Å². The quantitative estimate of drug-likeness (QED) is 0.532. The topological polar surface area (TPSA) is 92.6 Å². The van der Waals surface area contributed by atoms with Crippen LogP contribution in [0.2, 0.25) is 0 Å². The van der Waals surface area contributed by atoms with Crippen LogP contribution in [0.15, 0.2) is 64.4 Å². The molecule has 2 heterocycles. The van der Waals surface area contributed by atoms with Crippen molar-refractivity contribution in [3.8, 4) is 5.69 Å². The average Bonchev–Trinajstić information content (AvgIpc) is 3.14. The van der Waals surface area contributed by atoms with Crippen LogP contribution in [0.1, 0.15) is 23.9 Å². The molecule has 0 amide bonds. The molecule has 8 nitrogen and oxygen atoms in total. The molecule has 1 aliphatic heterocycles. The highest BCUT2D eigenvalue weighted by Crippen LogP contribution is 2.27. The standard InChI is InChI=1S/C23H28N4O4S2/c1-4-20-10-12-22(13-11-20)32(28,29)25-14-16-26(17-15-25)33(30,31)23-18(2)24-27(19(23)3)21-8-6-5-7-9-21/h5-13H,4,14-17H2,1-3H3. The molecule has 4 rings (SSSR count). The van der Waals surface area contributed by atoms with Gasteiger partial charge in [0.15, 0.2) is 0 Å². The van der Waals surface area contributed by atoms with E-state index in [-0.39, 0.29) is 36.0 Å². The number of hydrogen-bond acceptors (Lipinski definition) is 5. The van der Waals surface area contributed by atoms with Gasteiger partial charge < -0.3 is 0 Å². The van der Waals surface area contributed by atoms with Gasteiger partial charge in [-0.15, -0.1) is 0 Å². The second-order valence-electron chi connectivity index (χ2n) is 8.05. The van der Waals surface area contributed by atoms with Crippen LogP contribution in [0.5, 0.6) is 0 Å². The van der Waals surface area contributed by atoms with Crippen LogP contribution in [0.25, 0.3) is 5.69 Å². The van der Waals surface area contributed by atoms with Crippen LogP contribution >= 0.6 is 0 Å². The van der Waals surface area contributed by atoms with E-state index >= 15 is 0 Å². The lowest BCUT2D eigenvalue weighted by Crippen LogP contribution is -2.50. The maximum Gasteiger partial charge on any atom is 0.246 e. The predicted octanol–water partition coefficient (Wildman–Crippen LogP) is 2.75. The van der Waals surface area contributed by atoms with Gasteiger partial charge in [0.05, 0.1) is 22.0 Å². The Morgan fingerprint density at radius 1 is 0.788 bits per heavy atom. The fourth-order valence-electron chi connectivity index (χ4n) is 4.15. The maximum atomic E-state index is 13.5. The van der Waals surface area contributed by atoms with E-state index < -0.39 is 20.0 Å². The van der Waals surface area contributed by atoms with Crippen molar-refractivity contribution in [3.63, 3.8) is 0 Å². The van der Waals surface area contributed by atoms with Gasteiger partial charge in [-0.2, -0.15) is 13.7 Å². The second kappa shape index (κ2) is 9.02. The Morgan fingerprint density at radius 2 is 1.33 bits per heavy atom. The third-order valence-electron chi connectivity index (χ3n) is 5.99. The molecule has 0 spiro atoms. The number of sulfonamides is 2. The molecule has 2 aromatic carbocycles. The van der Waals surface area contributed by atoms with Crippen LogP contribution < -0.4 is 0 Å². The summed E-state index contributed by atoms with van der Waals surface area (Å²) in [4.78, 5) is 0.407. The lowest BCUT2D eigenvalue weighted by molar-refractivity contribution is 0.272. The third-order valence-corrected chi connectivity index (χ3v) is 10.1. The highest BCUT2D eigenvalue weighted by atomic mass is 32.2. The molecule has 33 heavy (non-hydrogen) atoms. The summed E-state index contributed by atoms with van der Waals surface area (Å²) in [5, 5.41) is 4.45. The summed E-state index contributed by atoms with van der Waals surface area (Å²) in [6.45, 7) is 5.80. The van der Waals surface area contributed by atoms with Crippen molar-refractivity contribution in [3.05, 3.63) is 71.5 Å². The number of piperazine rings is 1. The summed E-state index contributed by atoms with van der Waals surface area (Å²) >= 11 is 0. The van der Waals surface area contributed by atoms with Crippen LogP contribution in [0, 0.1) is 13.8 Å². The van der Waals surface area contributed by atoms with Gasteiger partial charge in [-0.25, -0.2) is 21.5 Å². The number of rotatable bonds is 6. The van der Waals surface area contributed by atoms with E-state index in [2.05, 4.69) is 5.10 Å². The van der Waals surface area contributed by atoms with Gasteiger partial charge >= 0.3 is 0 Å². The Balaban J connectivity index is 1.55. The normalized spacial score (nSPS) is 16.2. The van der Waals surface area contributed by atoms with Crippen molar-refractivity contribution in [1.82, 2.24) is 18.4 Å². The van der Waals surface area contributed by atoms with E-state index in [9.17, 15) is 16.8 Å². The minimum atomic E-state index is -3.82. The van der Waals surface area contributed by atoms with E-state index in [1.54, 1.807) is 30.7 Å². The van der Waals surface area contributed by atoms with Crippen molar-refractivity contribution < 1.29 is 16.8 Å². The molecular formula is C23H28N4O4S2. The van der Waals surface area contributed by atoms with Crippen LogP contribution in [-0.4, -0.2) is 61.4 Å². The SMILES string of the molecule is CCc1ccc(S(=O)(=O)N2CCN(S(=O)(=O)c3c(C)nn(-c4ccccc4)c3C)CC2)cc1. The molecule has 0 atom stereocenters. The van der Waals surface area contributed by atoms with Gasteiger partial charge in [0.2, 0.25) is 20.0 Å². The van der Waals surface area contributed by atoms with Gasteiger partial charge in [-0.3, -0.25) is 0 Å². The number of para-hydroxylation sites is 1. The Labute approximate surface area is 195 Å². The molecule has 1 fully saturated rings. The number of nitrogens with zero attached hydrogens (tertiary/aromatic N) is 4. The first-order valence-corrected chi connectivity index (χ1v) is 13.7. The smallest absolute Gasteiger partial charge is 0.236 e. The summed E-state index contributed by atoms with van der Waals surface area (Å²) < 4.78 is 57.3. The van der Waals surface area contributed by atoms with Crippen molar-refractivity contribution in [1.29, 1.82) is 0 Å². The molecule has 0 radical (unpaired) electrons. The lowest BCUT2D eigenvalue weighted by Gasteiger charge is -2.33. The second-order valence-corrected chi connectivity index (χ2v) is 11.9. The highest BCUT2D eigenvalue weighted by molar-refractivity contribution is 7.89. The van der Waals surface area contributed by atoms with E-state index in [1.807, 2.05) is 49.4 Å². The number of aryl methyl sites for hydroxylation is 2. The van der Waals surface area contributed by atoms with Crippen molar-refractivity contribution in [2.75, 3.05) is 26.2 Å². The monoisotopic (exact) mass is 488 g/mol. The lowest BCUT2D eigenvalue weighted by atomic mass is 10.2. The predicted molar refractivity (Wildman–Crippen MR) is 126 cm³/mol. The van der Waals surface area contributed by atoms with E-state index in [4.69, 9.17) is 0 Å². The molecule has 1 aromatic heterocycles. The largest absolute Gasteiger partial charge is 0.246 e. The minimum absolute atomic E-state index is 0.0873. The number of benzene rings is 2. The minimum Gasteiger partial charge on any atom is -0.236 e. The molecule has 176 valence electrons. The summed E-state index contributed by atoms with van der Waals surface area (Å²) in [5.74, 6) is 0. The van der Waals surface area contributed by atoms with Gasteiger partial charge in [-0.05, 0) is 50.1 Å². The Morgan fingerprint density at radius 3 is 1.88 bits per heavy atom. The number of hydrogen-bond donors (Lipinski definition) is 0. The summed E-state index contributed by atoms with van der Waals surface area (Å²) in [6.07, 6.45) is 0.830.